The minimum atomic E-state index is -0.780. The maximum atomic E-state index is 10.6. The van der Waals surface area contributed by atoms with E-state index in [0.29, 0.717) is 5.92 Å². The van der Waals surface area contributed by atoms with Crippen LogP contribution in [0.4, 0.5) is 0 Å². The molecule has 0 atom stereocenters. The monoisotopic (exact) mass is 456 g/mol. The Morgan fingerprint density at radius 3 is 1.91 bits per heavy atom. The lowest BCUT2D eigenvalue weighted by molar-refractivity contribution is 0.110. The second kappa shape index (κ2) is 12.2. The minimum Gasteiger partial charge on any atom is -0.378 e. The Morgan fingerprint density at radius 1 is 0.941 bits per heavy atom. The molecule has 0 aromatic heterocycles. The van der Waals surface area contributed by atoms with E-state index in [0.717, 1.165) is 44.1 Å². The summed E-state index contributed by atoms with van der Waals surface area (Å²) in [5, 5.41) is 10.6. The molecule has 1 fully saturated rings. The van der Waals surface area contributed by atoms with Crippen LogP contribution in [0.15, 0.2) is 61.7 Å². The van der Waals surface area contributed by atoms with Gasteiger partial charge in [-0.2, -0.15) is 0 Å². The molecule has 1 nitrogen and oxygen atoms in total. The molecular formula is C33H44O. The van der Waals surface area contributed by atoms with Crippen LogP contribution >= 0.6 is 0 Å². The first-order chi connectivity index (χ1) is 16.2. The Labute approximate surface area is 209 Å². The van der Waals surface area contributed by atoms with E-state index in [2.05, 4.69) is 103 Å². The molecule has 0 heterocycles. The van der Waals surface area contributed by atoms with E-state index in [4.69, 9.17) is 0 Å². The van der Waals surface area contributed by atoms with Crippen LogP contribution in [0.5, 0.6) is 0 Å². The summed E-state index contributed by atoms with van der Waals surface area (Å²) in [4.78, 5) is 0. The molecule has 0 bridgehead atoms. The van der Waals surface area contributed by atoms with Crippen molar-refractivity contribution in [2.45, 2.75) is 97.0 Å². The van der Waals surface area contributed by atoms with Crippen molar-refractivity contribution < 1.29 is 5.11 Å². The Balaban J connectivity index is 0.000000945. The van der Waals surface area contributed by atoms with Crippen LogP contribution in [0, 0.1) is 25.7 Å². The van der Waals surface area contributed by atoms with Crippen molar-refractivity contribution in [1.29, 1.82) is 0 Å². The molecule has 0 spiro atoms. The molecule has 0 radical (unpaired) electrons. The molecule has 1 saturated carbocycles. The van der Waals surface area contributed by atoms with Gasteiger partial charge in [-0.05, 0) is 92.2 Å². The third-order valence-electron chi connectivity index (χ3n) is 7.46. The normalized spacial score (nSPS) is 14.6. The van der Waals surface area contributed by atoms with Gasteiger partial charge in [-0.3, -0.25) is 0 Å². The summed E-state index contributed by atoms with van der Waals surface area (Å²) in [6.07, 6.45) is 9.17. The van der Waals surface area contributed by atoms with Gasteiger partial charge in [0.05, 0.1) is 0 Å². The van der Waals surface area contributed by atoms with Crippen LogP contribution in [0.25, 0.3) is 0 Å². The van der Waals surface area contributed by atoms with Crippen LogP contribution in [0.1, 0.15) is 106 Å². The number of rotatable bonds is 6. The lowest BCUT2D eigenvalue weighted by atomic mass is 9.69. The predicted molar refractivity (Wildman–Crippen MR) is 148 cm³/mol. The van der Waals surface area contributed by atoms with Crippen LogP contribution in [0.3, 0.4) is 0 Å². The minimum absolute atomic E-state index is 0.0145. The van der Waals surface area contributed by atoms with Crippen molar-refractivity contribution in [3.8, 4) is 11.8 Å². The summed E-state index contributed by atoms with van der Waals surface area (Å²) >= 11 is 0. The largest absolute Gasteiger partial charge is 0.378 e. The number of aryl methyl sites for hydroxylation is 2. The predicted octanol–water partition coefficient (Wildman–Crippen LogP) is 8.55. The average Bonchev–Trinajstić information content (AvgIpc) is 3.26. The summed E-state index contributed by atoms with van der Waals surface area (Å²) in [5.74, 6) is 6.99. The van der Waals surface area contributed by atoms with Crippen LogP contribution < -0.4 is 0 Å². The van der Waals surface area contributed by atoms with Gasteiger partial charge in [-0.15, -0.1) is 0 Å². The molecule has 1 N–H and O–H groups in total. The topological polar surface area (TPSA) is 20.2 Å². The van der Waals surface area contributed by atoms with E-state index in [1.165, 1.54) is 27.8 Å². The molecule has 0 saturated heterocycles. The van der Waals surface area contributed by atoms with Crippen LogP contribution in [0.2, 0.25) is 0 Å². The van der Waals surface area contributed by atoms with Gasteiger partial charge in [-0.25, -0.2) is 0 Å². The maximum absolute atomic E-state index is 10.6. The molecule has 1 aliphatic carbocycles. The molecule has 182 valence electrons. The van der Waals surface area contributed by atoms with Crippen molar-refractivity contribution in [3.05, 3.63) is 95.1 Å². The van der Waals surface area contributed by atoms with Gasteiger partial charge in [0.25, 0.3) is 0 Å². The van der Waals surface area contributed by atoms with Crippen molar-refractivity contribution in [2.75, 3.05) is 0 Å². The average molecular weight is 457 g/mol. The molecule has 1 aliphatic rings. The van der Waals surface area contributed by atoms with Crippen molar-refractivity contribution in [1.82, 2.24) is 0 Å². The number of benzene rings is 2. The molecule has 3 rings (SSSR count). The van der Waals surface area contributed by atoms with E-state index >= 15 is 0 Å². The Kier molecular flexibility index (Phi) is 9.96. The van der Waals surface area contributed by atoms with Crippen molar-refractivity contribution >= 4 is 0 Å². The SMILES string of the molecule is C=CC=C.CCC(CC)(c1ccc(C#CC2(O)CCCC2)c(C)c1)c1ccc(C(C)C)c(C)c1. The summed E-state index contributed by atoms with van der Waals surface area (Å²) in [6.45, 7) is 20.2. The van der Waals surface area contributed by atoms with Gasteiger partial charge < -0.3 is 5.11 Å². The molecule has 2 aromatic carbocycles. The zero-order valence-corrected chi connectivity index (χ0v) is 22.3. The zero-order chi connectivity index (χ0) is 25.4. The lowest BCUT2D eigenvalue weighted by Crippen LogP contribution is -2.26. The second-order valence-electron chi connectivity index (χ2n) is 10.0. The fourth-order valence-corrected chi connectivity index (χ4v) is 5.22. The van der Waals surface area contributed by atoms with E-state index < -0.39 is 5.60 Å². The standard InChI is InChI=1S/C29H38O.C4H6/c1-7-29(8-2,26-13-14-27(21(3)4)23(6)20-26)25-12-11-24(22(5)19-25)15-18-28(30)16-9-10-17-28;1-3-4-2/h11-14,19-21,30H,7-10,16-17H2,1-6H3;3-4H,1-2H2. The lowest BCUT2D eigenvalue weighted by Gasteiger charge is -2.34. The molecule has 0 unspecified atom stereocenters. The molecular weight excluding hydrogens is 412 g/mol. The number of allylic oxidation sites excluding steroid dienone is 2. The fourth-order valence-electron chi connectivity index (χ4n) is 5.22. The van der Waals surface area contributed by atoms with Gasteiger partial charge in [0, 0.05) is 11.0 Å². The third-order valence-corrected chi connectivity index (χ3v) is 7.46. The van der Waals surface area contributed by atoms with E-state index in [9.17, 15) is 5.11 Å². The Hall–Kier alpha value is -2.56. The zero-order valence-electron chi connectivity index (χ0n) is 22.3. The van der Waals surface area contributed by atoms with E-state index in [-0.39, 0.29) is 5.41 Å². The molecule has 34 heavy (non-hydrogen) atoms. The Morgan fingerprint density at radius 2 is 1.47 bits per heavy atom. The molecule has 1 heteroatoms. The van der Waals surface area contributed by atoms with E-state index in [1.807, 2.05) is 0 Å². The van der Waals surface area contributed by atoms with Crippen molar-refractivity contribution in [3.63, 3.8) is 0 Å². The summed E-state index contributed by atoms with van der Waals surface area (Å²) in [5.41, 5.74) is 7.07. The highest BCUT2D eigenvalue weighted by molar-refractivity contribution is 5.49. The first-order valence-corrected chi connectivity index (χ1v) is 12.9. The quantitative estimate of drug-likeness (QED) is 0.341. The summed E-state index contributed by atoms with van der Waals surface area (Å²) in [6, 6.07) is 13.8. The number of hydrogen-bond acceptors (Lipinski definition) is 1. The maximum Gasteiger partial charge on any atom is 0.125 e. The fraction of sp³-hybridized carbons (Fsp3) is 0.455. The smallest absolute Gasteiger partial charge is 0.125 e. The molecule has 0 amide bonds. The number of aliphatic hydroxyl groups is 1. The van der Waals surface area contributed by atoms with Gasteiger partial charge in [-0.1, -0.05) is 95.2 Å². The first-order valence-electron chi connectivity index (χ1n) is 12.9. The van der Waals surface area contributed by atoms with Gasteiger partial charge in [0.1, 0.15) is 5.60 Å². The third kappa shape index (κ3) is 6.31. The molecule has 2 aromatic rings. The van der Waals surface area contributed by atoms with Gasteiger partial charge in [0.15, 0.2) is 0 Å². The van der Waals surface area contributed by atoms with Gasteiger partial charge in [0.2, 0.25) is 0 Å². The highest BCUT2D eigenvalue weighted by Gasteiger charge is 2.32. The summed E-state index contributed by atoms with van der Waals surface area (Å²) in [7, 11) is 0. The summed E-state index contributed by atoms with van der Waals surface area (Å²) < 4.78 is 0. The van der Waals surface area contributed by atoms with E-state index in [1.54, 1.807) is 12.2 Å². The first kappa shape index (κ1) is 27.7. The highest BCUT2D eigenvalue weighted by Crippen LogP contribution is 2.40. The van der Waals surface area contributed by atoms with Gasteiger partial charge >= 0.3 is 0 Å². The van der Waals surface area contributed by atoms with Crippen molar-refractivity contribution in [2.24, 2.45) is 0 Å². The molecule has 0 aliphatic heterocycles. The second-order valence-corrected chi connectivity index (χ2v) is 10.0. The van der Waals surface area contributed by atoms with Crippen LogP contribution in [-0.4, -0.2) is 10.7 Å². The Bertz CT molecular complexity index is 1030. The number of hydrogen-bond donors (Lipinski definition) is 1. The van der Waals surface area contributed by atoms with Crippen LogP contribution in [-0.2, 0) is 5.41 Å². The highest BCUT2D eigenvalue weighted by atomic mass is 16.3.